The molecule has 0 saturated carbocycles. The molecule has 33 heavy (non-hydrogen) atoms. The molecule has 0 unspecified atom stereocenters. The number of hydrogen-bond donors (Lipinski definition) is 3. The fourth-order valence-electron chi connectivity index (χ4n) is 4.03. The van der Waals surface area contributed by atoms with Crippen LogP contribution in [0.5, 0.6) is 0 Å². The lowest BCUT2D eigenvalue weighted by molar-refractivity contribution is -0.147. The molecule has 1 spiro atoms. The zero-order valence-corrected chi connectivity index (χ0v) is 19.7. The molecule has 0 bridgehead atoms. The highest BCUT2D eigenvalue weighted by molar-refractivity contribution is 7.89. The van der Waals surface area contributed by atoms with E-state index < -0.39 is 22.0 Å². The van der Waals surface area contributed by atoms with Crippen molar-refractivity contribution in [2.45, 2.75) is 56.8 Å². The Kier molecular flexibility index (Phi) is 10.3. The first-order chi connectivity index (χ1) is 15.6. The molecule has 1 aromatic carbocycles. The molecule has 10 nitrogen and oxygen atoms in total. The van der Waals surface area contributed by atoms with E-state index in [1.165, 1.54) is 25.0 Å². The molecule has 2 aliphatic rings. The second-order valence-electron chi connectivity index (χ2n) is 8.38. The lowest BCUT2D eigenvalue weighted by Crippen LogP contribution is -2.47. The van der Waals surface area contributed by atoms with E-state index in [0.29, 0.717) is 11.8 Å². The van der Waals surface area contributed by atoms with Crippen LogP contribution < -0.4 is 10.2 Å². The molecule has 11 heteroatoms. The van der Waals surface area contributed by atoms with Gasteiger partial charge in [0.05, 0.1) is 4.90 Å². The summed E-state index contributed by atoms with van der Waals surface area (Å²) >= 11 is 0. The van der Waals surface area contributed by atoms with Gasteiger partial charge < -0.3 is 20.2 Å². The molecule has 2 saturated heterocycles. The summed E-state index contributed by atoms with van der Waals surface area (Å²) in [5.41, 5.74) is 0.391. The topological polar surface area (TPSA) is 142 Å². The van der Waals surface area contributed by atoms with Gasteiger partial charge in [-0.25, -0.2) is 8.42 Å². The van der Waals surface area contributed by atoms with E-state index in [4.69, 9.17) is 9.90 Å². The summed E-state index contributed by atoms with van der Waals surface area (Å²) in [6.07, 6.45) is 5.02. The zero-order chi connectivity index (χ0) is 24.3. The maximum absolute atomic E-state index is 12.4. The highest BCUT2D eigenvalue weighted by Gasteiger charge is 2.36. The minimum Gasteiger partial charge on any atom is -0.481 e. The van der Waals surface area contributed by atoms with Crippen LogP contribution in [0.3, 0.4) is 0 Å². The number of aliphatic carboxylic acids is 1. The molecule has 0 radical (unpaired) electrons. The number of sulfonamides is 1. The van der Waals surface area contributed by atoms with Gasteiger partial charge in [0.15, 0.2) is 0 Å². The number of benzene rings is 1. The van der Waals surface area contributed by atoms with Crippen LogP contribution in [0.15, 0.2) is 35.2 Å². The molecule has 2 fully saturated rings. The Balaban J connectivity index is 0.000000890. The summed E-state index contributed by atoms with van der Waals surface area (Å²) in [7, 11) is -3.90. The van der Waals surface area contributed by atoms with Crippen LogP contribution in [-0.2, 0) is 29.2 Å². The van der Waals surface area contributed by atoms with Crippen LogP contribution in [0, 0.1) is 5.41 Å². The Bertz CT molecular complexity index is 886. The smallest absolute Gasteiger partial charge is 0.326 e. The fourth-order valence-corrected chi connectivity index (χ4v) is 4.84. The lowest BCUT2D eigenvalue weighted by atomic mass is 9.71. The van der Waals surface area contributed by atoms with Gasteiger partial charge in [-0.15, -0.1) is 0 Å². The molecule has 3 N–H and O–H groups in total. The lowest BCUT2D eigenvalue weighted by Gasteiger charge is -2.44. The van der Waals surface area contributed by atoms with Crippen molar-refractivity contribution < 1.29 is 32.7 Å². The Morgan fingerprint density at radius 1 is 1.06 bits per heavy atom. The van der Waals surface area contributed by atoms with Crippen molar-refractivity contribution in [1.82, 2.24) is 15.1 Å². The van der Waals surface area contributed by atoms with Crippen molar-refractivity contribution in [2.75, 3.05) is 26.2 Å². The first kappa shape index (κ1) is 26.7. The maximum atomic E-state index is 12.4. The van der Waals surface area contributed by atoms with Crippen LogP contribution in [0.1, 0.15) is 51.9 Å². The molecular formula is C22H33N3O7S. The molecule has 184 valence electrons. The van der Waals surface area contributed by atoms with E-state index in [1.54, 1.807) is 18.2 Å². The van der Waals surface area contributed by atoms with Crippen molar-refractivity contribution >= 4 is 27.9 Å². The van der Waals surface area contributed by atoms with Gasteiger partial charge >= 0.3 is 5.97 Å². The Morgan fingerprint density at radius 2 is 1.64 bits per heavy atom. The third kappa shape index (κ3) is 9.10. The molecule has 2 aliphatic heterocycles. The van der Waals surface area contributed by atoms with E-state index in [0.717, 1.165) is 45.9 Å². The normalized spacial score (nSPS) is 17.5. The van der Waals surface area contributed by atoms with Gasteiger partial charge in [0.1, 0.15) is 0 Å². The molecule has 1 aromatic rings. The van der Waals surface area contributed by atoms with E-state index >= 15 is 0 Å². The fraction of sp³-hybridized carbons (Fsp3) is 0.591. The van der Waals surface area contributed by atoms with Gasteiger partial charge in [-0.2, -0.15) is 0 Å². The minimum atomic E-state index is -3.90. The molecule has 0 aliphatic carbocycles. The number of hydrogen-bond acceptors (Lipinski definition) is 7. The number of likely N-dealkylation sites (tertiary alicyclic amines) is 1. The summed E-state index contributed by atoms with van der Waals surface area (Å²) < 4.78 is 24.0. The predicted octanol–water partition coefficient (Wildman–Crippen LogP) is 1.68. The van der Waals surface area contributed by atoms with Gasteiger partial charge in [0.25, 0.3) is 16.0 Å². The summed E-state index contributed by atoms with van der Waals surface area (Å²) in [4.78, 5) is 41.6. The van der Waals surface area contributed by atoms with E-state index in [9.17, 15) is 18.0 Å². The Labute approximate surface area is 194 Å². The first-order valence-corrected chi connectivity index (χ1v) is 12.6. The molecule has 1 amide bonds. The van der Waals surface area contributed by atoms with E-state index in [1.807, 2.05) is 9.79 Å². The van der Waals surface area contributed by atoms with Crippen LogP contribution in [0.2, 0.25) is 0 Å². The minimum absolute atomic E-state index is 0.0135. The van der Waals surface area contributed by atoms with Gasteiger partial charge in [-0.3, -0.25) is 14.4 Å². The van der Waals surface area contributed by atoms with Gasteiger partial charge in [-0.05, 0) is 67.6 Å². The Hall–Kier alpha value is -2.50. The van der Waals surface area contributed by atoms with E-state index in [2.05, 4.69) is 10.2 Å². The number of carboxylic acid groups (broad SMARTS) is 1. The standard InChI is InChI=1S/C20H29N3O5S.C2H4O2/c24-18(23-15-11-20(12-16-23)9-13-21-14-10-20)7-4-8-19(25)28-22-29(26,27)17-5-2-1-3-6-17;1-2(3)4/h1-3,5-6,21-22H,4,7-16H2;1H3,(H,3,4). The monoisotopic (exact) mass is 483 g/mol. The van der Waals surface area contributed by atoms with Crippen molar-refractivity contribution in [1.29, 1.82) is 0 Å². The maximum Gasteiger partial charge on any atom is 0.326 e. The van der Waals surface area contributed by atoms with Crippen molar-refractivity contribution in [3.63, 3.8) is 0 Å². The van der Waals surface area contributed by atoms with Crippen molar-refractivity contribution in [3.05, 3.63) is 30.3 Å². The molecule has 0 aromatic heterocycles. The number of nitrogens with one attached hydrogen (secondary N) is 2. The van der Waals surface area contributed by atoms with Crippen LogP contribution in [0.4, 0.5) is 0 Å². The summed E-state index contributed by atoms with van der Waals surface area (Å²) in [5, 5.41) is 10.8. The third-order valence-electron chi connectivity index (χ3n) is 5.93. The number of carbonyl (C=O) groups excluding carboxylic acids is 2. The van der Waals surface area contributed by atoms with Crippen LogP contribution in [-0.4, -0.2) is 62.4 Å². The predicted molar refractivity (Wildman–Crippen MR) is 120 cm³/mol. The number of carboxylic acids is 1. The van der Waals surface area contributed by atoms with Crippen molar-refractivity contribution in [3.8, 4) is 0 Å². The third-order valence-corrected chi connectivity index (χ3v) is 7.13. The second kappa shape index (κ2) is 12.7. The largest absolute Gasteiger partial charge is 0.481 e. The van der Waals surface area contributed by atoms with Crippen LogP contribution in [0.25, 0.3) is 0 Å². The zero-order valence-electron chi connectivity index (χ0n) is 18.9. The molecule has 2 heterocycles. The summed E-state index contributed by atoms with van der Waals surface area (Å²) in [5.74, 6) is -1.49. The van der Waals surface area contributed by atoms with Gasteiger partial charge in [0.2, 0.25) is 5.91 Å². The van der Waals surface area contributed by atoms with Gasteiger partial charge in [0, 0.05) is 32.9 Å². The summed E-state index contributed by atoms with van der Waals surface area (Å²) in [6, 6.07) is 7.66. The average Bonchev–Trinajstić information content (AvgIpc) is 2.79. The molecule has 0 atom stereocenters. The molecular weight excluding hydrogens is 450 g/mol. The highest BCUT2D eigenvalue weighted by Crippen LogP contribution is 2.39. The second-order valence-corrected chi connectivity index (χ2v) is 10.0. The van der Waals surface area contributed by atoms with E-state index in [-0.39, 0.29) is 23.6 Å². The highest BCUT2D eigenvalue weighted by atomic mass is 32.2. The number of rotatable bonds is 7. The number of amides is 1. The molecule has 3 rings (SSSR count). The number of piperidine rings is 2. The number of nitrogens with zero attached hydrogens (tertiary/aromatic N) is 1. The van der Waals surface area contributed by atoms with Crippen molar-refractivity contribution in [2.24, 2.45) is 5.41 Å². The first-order valence-electron chi connectivity index (χ1n) is 11.1. The SMILES string of the molecule is CC(=O)O.O=C(CCCC(=O)N1CCC2(CCNCC2)CC1)ONS(=O)(=O)c1ccccc1. The quantitative estimate of drug-likeness (QED) is 0.497. The average molecular weight is 484 g/mol. The number of carbonyl (C=O) groups is 3. The summed E-state index contributed by atoms with van der Waals surface area (Å²) in [6.45, 7) is 4.76. The Morgan fingerprint density at radius 3 is 2.21 bits per heavy atom. The van der Waals surface area contributed by atoms with Gasteiger partial charge in [-0.1, -0.05) is 18.2 Å². The van der Waals surface area contributed by atoms with Crippen LogP contribution >= 0.6 is 0 Å².